The Morgan fingerprint density at radius 3 is 2.33 bits per heavy atom. The summed E-state index contributed by atoms with van der Waals surface area (Å²) in [5.41, 5.74) is -2.98. The van der Waals surface area contributed by atoms with Crippen molar-refractivity contribution in [2.24, 2.45) is 0 Å². The Bertz CT molecular complexity index is 1340. The van der Waals surface area contributed by atoms with E-state index >= 15 is 0 Å². The summed E-state index contributed by atoms with van der Waals surface area (Å²) in [7, 11) is 0. The van der Waals surface area contributed by atoms with E-state index < -0.39 is 46.6 Å². The highest BCUT2D eigenvalue weighted by molar-refractivity contribution is 5.86. The summed E-state index contributed by atoms with van der Waals surface area (Å²) in [5, 5.41) is 9.67. The van der Waals surface area contributed by atoms with Crippen LogP contribution in [0.15, 0.2) is 34.0 Å². The summed E-state index contributed by atoms with van der Waals surface area (Å²) >= 11 is 0. The smallest absolute Gasteiger partial charge is 0.416 e. The number of alkyl halides is 3. The van der Waals surface area contributed by atoms with Crippen LogP contribution in [0.25, 0.3) is 0 Å². The molecule has 1 aromatic heterocycles. The number of fused-ring (bicyclic) bond motifs is 1. The zero-order chi connectivity index (χ0) is 25.8. The van der Waals surface area contributed by atoms with Gasteiger partial charge in [-0.25, -0.2) is 14.4 Å². The maximum atomic E-state index is 13.6. The van der Waals surface area contributed by atoms with E-state index in [0.717, 1.165) is 16.8 Å². The Labute approximate surface area is 202 Å². The van der Waals surface area contributed by atoms with Crippen LogP contribution in [0.4, 0.5) is 18.0 Å². The molecule has 9 nitrogen and oxygen atoms in total. The Balaban J connectivity index is 1.53. The Kier molecular flexibility index (Phi) is 5.92. The van der Waals surface area contributed by atoms with Gasteiger partial charge in [0.2, 0.25) is 0 Å². The van der Waals surface area contributed by atoms with Crippen LogP contribution in [0.1, 0.15) is 71.2 Å². The number of carbonyl (C=O) groups excluding carboxylic acids is 1. The molecule has 5 rings (SSSR count). The fraction of sp³-hybridized carbons (Fsp3) is 0.500. The lowest BCUT2D eigenvalue weighted by atomic mass is 9.90. The first-order valence-corrected chi connectivity index (χ1v) is 11.8. The van der Waals surface area contributed by atoms with Crippen LogP contribution in [0, 0.1) is 0 Å². The number of aromatic carboxylic acids is 1. The van der Waals surface area contributed by atoms with E-state index in [2.05, 4.69) is 0 Å². The van der Waals surface area contributed by atoms with E-state index in [1.54, 1.807) is 4.90 Å². The average Bonchev–Trinajstić information content (AvgIpc) is 3.45. The number of benzene rings is 1. The standard InChI is InChI=1S/C24H24F3N3O6/c25-24(26,27)18-3-1-2-16-15(18)8-9-19(16)30-20(31)17(21(32)33)12-29(22(30)34)14-6-4-13(5-7-14)28-10-11-36-23(28)35/h1-3,12-14,19H,4-11H2,(H,32,33)/t13?,14?,19-/m0/s1. The number of hydrogen-bond acceptors (Lipinski definition) is 5. The molecule has 1 amide bonds. The molecule has 0 bridgehead atoms. The minimum atomic E-state index is -4.59. The number of cyclic esters (lactones) is 1. The molecule has 0 radical (unpaired) electrons. The van der Waals surface area contributed by atoms with Crippen LogP contribution >= 0.6 is 0 Å². The number of amides is 1. The highest BCUT2D eigenvalue weighted by atomic mass is 19.4. The first-order valence-electron chi connectivity index (χ1n) is 11.8. The van der Waals surface area contributed by atoms with Gasteiger partial charge in [0.15, 0.2) is 0 Å². The van der Waals surface area contributed by atoms with Gasteiger partial charge in [0.1, 0.15) is 12.2 Å². The predicted molar refractivity (Wildman–Crippen MR) is 119 cm³/mol. The summed E-state index contributed by atoms with van der Waals surface area (Å²) in [6, 6.07) is 2.18. The molecule has 1 saturated carbocycles. The molecule has 0 spiro atoms. The van der Waals surface area contributed by atoms with Crippen LogP contribution in [0.5, 0.6) is 0 Å². The predicted octanol–water partition coefficient (Wildman–Crippen LogP) is 3.20. The van der Waals surface area contributed by atoms with Crippen LogP contribution in [-0.2, 0) is 17.3 Å². The van der Waals surface area contributed by atoms with Crippen molar-refractivity contribution in [1.29, 1.82) is 0 Å². The van der Waals surface area contributed by atoms with Gasteiger partial charge in [-0.1, -0.05) is 12.1 Å². The van der Waals surface area contributed by atoms with Gasteiger partial charge < -0.3 is 14.7 Å². The lowest BCUT2D eigenvalue weighted by molar-refractivity contribution is -0.138. The number of carboxylic acid groups (broad SMARTS) is 1. The van der Waals surface area contributed by atoms with E-state index in [1.807, 2.05) is 0 Å². The number of aromatic nitrogens is 2. The van der Waals surface area contributed by atoms with Gasteiger partial charge in [0, 0.05) is 18.3 Å². The van der Waals surface area contributed by atoms with E-state index in [9.17, 15) is 37.5 Å². The van der Waals surface area contributed by atoms with Crippen LogP contribution in [0.2, 0.25) is 0 Å². The summed E-state index contributed by atoms with van der Waals surface area (Å²) in [6.45, 7) is 0.813. The van der Waals surface area contributed by atoms with E-state index in [4.69, 9.17) is 4.74 Å². The van der Waals surface area contributed by atoms with Gasteiger partial charge in [-0.3, -0.25) is 13.9 Å². The van der Waals surface area contributed by atoms with Crippen molar-refractivity contribution in [2.75, 3.05) is 13.2 Å². The third kappa shape index (κ3) is 3.97. The minimum absolute atomic E-state index is 0.00983. The maximum Gasteiger partial charge on any atom is 0.416 e. The van der Waals surface area contributed by atoms with Gasteiger partial charge in [0.25, 0.3) is 5.56 Å². The second-order valence-corrected chi connectivity index (χ2v) is 9.41. The van der Waals surface area contributed by atoms with Gasteiger partial charge in [0.05, 0.1) is 18.2 Å². The lowest BCUT2D eigenvalue weighted by Gasteiger charge is -2.34. The van der Waals surface area contributed by atoms with Crippen molar-refractivity contribution in [3.63, 3.8) is 0 Å². The molecule has 2 fully saturated rings. The van der Waals surface area contributed by atoms with Crippen molar-refractivity contribution < 1.29 is 32.6 Å². The highest BCUT2D eigenvalue weighted by Crippen LogP contribution is 2.41. The fourth-order valence-electron chi connectivity index (χ4n) is 5.83. The molecule has 1 aliphatic heterocycles. The first kappa shape index (κ1) is 24.1. The molecule has 192 valence electrons. The third-order valence-corrected chi connectivity index (χ3v) is 7.52. The van der Waals surface area contributed by atoms with E-state index in [1.165, 1.54) is 16.7 Å². The quantitative estimate of drug-likeness (QED) is 0.681. The fourth-order valence-corrected chi connectivity index (χ4v) is 5.83. The van der Waals surface area contributed by atoms with Crippen LogP contribution in [0.3, 0.4) is 0 Å². The molecule has 36 heavy (non-hydrogen) atoms. The molecule has 1 saturated heterocycles. The van der Waals surface area contributed by atoms with Crippen LogP contribution < -0.4 is 11.2 Å². The maximum absolute atomic E-state index is 13.6. The van der Waals surface area contributed by atoms with Gasteiger partial charge in [-0.05, 0) is 55.7 Å². The Hall–Kier alpha value is -3.57. The zero-order valence-electron chi connectivity index (χ0n) is 19.2. The second kappa shape index (κ2) is 8.82. The molecule has 2 aliphatic carbocycles. The number of halogens is 3. The van der Waals surface area contributed by atoms with Gasteiger partial charge in [-0.15, -0.1) is 0 Å². The number of carboxylic acids is 1. The largest absolute Gasteiger partial charge is 0.477 e. The second-order valence-electron chi connectivity index (χ2n) is 9.41. The van der Waals surface area contributed by atoms with Crippen molar-refractivity contribution in [2.45, 2.75) is 62.8 Å². The lowest BCUT2D eigenvalue weighted by Crippen LogP contribution is -2.46. The molecule has 2 aromatic rings. The zero-order valence-corrected chi connectivity index (χ0v) is 19.2. The SMILES string of the molecule is O=C(O)c1cn(C2CCC(N3CCOC3=O)CC2)c(=O)n([C@H]2CCc3c2cccc3C(F)(F)F)c1=O. The molecule has 1 aromatic carbocycles. The highest BCUT2D eigenvalue weighted by Gasteiger charge is 2.39. The van der Waals surface area contributed by atoms with Crippen molar-refractivity contribution in [3.8, 4) is 0 Å². The molecule has 1 atom stereocenters. The average molecular weight is 507 g/mol. The van der Waals surface area contributed by atoms with Gasteiger partial charge in [-0.2, -0.15) is 13.2 Å². The van der Waals surface area contributed by atoms with E-state index in [0.29, 0.717) is 38.8 Å². The number of carbonyl (C=O) groups is 2. The summed E-state index contributed by atoms with van der Waals surface area (Å²) < 4.78 is 47.6. The number of nitrogens with zero attached hydrogens (tertiary/aromatic N) is 3. The third-order valence-electron chi connectivity index (χ3n) is 7.52. The summed E-state index contributed by atoms with van der Waals surface area (Å²) in [6.07, 6.45) is -1.79. The molecule has 2 heterocycles. The van der Waals surface area contributed by atoms with Crippen molar-refractivity contribution in [3.05, 3.63) is 67.5 Å². The number of rotatable bonds is 4. The molecule has 1 N–H and O–H groups in total. The topological polar surface area (TPSA) is 111 Å². The molecular weight excluding hydrogens is 483 g/mol. The molecule has 0 unspecified atom stereocenters. The minimum Gasteiger partial charge on any atom is -0.477 e. The van der Waals surface area contributed by atoms with Crippen LogP contribution in [-0.4, -0.2) is 50.4 Å². The summed E-state index contributed by atoms with van der Waals surface area (Å²) in [5.74, 6) is -1.52. The number of hydrogen-bond donors (Lipinski definition) is 1. The first-order chi connectivity index (χ1) is 17.1. The Morgan fingerprint density at radius 2 is 1.72 bits per heavy atom. The monoisotopic (exact) mass is 507 g/mol. The summed E-state index contributed by atoms with van der Waals surface area (Å²) in [4.78, 5) is 52.1. The normalized spacial score (nSPS) is 24.0. The van der Waals surface area contributed by atoms with Crippen molar-refractivity contribution in [1.82, 2.24) is 14.0 Å². The molecular formula is C24H24F3N3O6. The number of ether oxygens (including phenoxy) is 1. The van der Waals surface area contributed by atoms with E-state index in [-0.39, 0.29) is 36.1 Å². The molecule has 12 heteroatoms. The van der Waals surface area contributed by atoms with Crippen molar-refractivity contribution >= 4 is 12.1 Å². The van der Waals surface area contributed by atoms with Gasteiger partial charge >= 0.3 is 23.9 Å². The molecule has 3 aliphatic rings. The Morgan fingerprint density at radius 1 is 1.03 bits per heavy atom.